The summed E-state index contributed by atoms with van der Waals surface area (Å²) in [7, 11) is 0. The summed E-state index contributed by atoms with van der Waals surface area (Å²) >= 11 is 3.42. The zero-order chi connectivity index (χ0) is 10.7. The summed E-state index contributed by atoms with van der Waals surface area (Å²) < 4.78 is 0.932. The Morgan fingerprint density at radius 3 is 2.53 bits per heavy atom. The van der Waals surface area contributed by atoms with Crippen molar-refractivity contribution in [3.63, 3.8) is 0 Å². The van der Waals surface area contributed by atoms with Crippen LogP contribution in [0.4, 0.5) is 17.1 Å². The molecule has 4 heteroatoms. The van der Waals surface area contributed by atoms with Gasteiger partial charge < -0.3 is 11.1 Å². The highest BCUT2D eigenvalue weighted by Gasteiger charge is 1.98. The van der Waals surface area contributed by atoms with Crippen molar-refractivity contribution in [2.24, 2.45) is 0 Å². The molecule has 1 aromatic heterocycles. The first-order chi connectivity index (χ1) is 7.25. The first kappa shape index (κ1) is 9.98. The smallest absolute Gasteiger partial charge is 0.0593 e. The predicted molar refractivity (Wildman–Crippen MR) is 66.1 cm³/mol. The molecule has 15 heavy (non-hydrogen) atoms. The fourth-order valence-corrected chi connectivity index (χ4v) is 1.55. The Morgan fingerprint density at radius 2 is 1.87 bits per heavy atom. The zero-order valence-electron chi connectivity index (χ0n) is 7.94. The number of halogens is 1. The summed E-state index contributed by atoms with van der Waals surface area (Å²) in [5.74, 6) is 0. The molecule has 0 aliphatic heterocycles. The van der Waals surface area contributed by atoms with Gasteiger partial charge in [0.05, 0.1) is 10.2 Å². The van der Waals surface area contributed by atoms with Crippen LogP contribution in [0.25, 0.3) is 0 Å². The second-order valence-corrected chi connectivity index (χ2v) is 3.96. The fraction of sp³-hybridized carbons (Fsp3) is 0. The SMILES string of the molecule is Nc1ccc(Nc2ccncc2Br)cc1. The maximum Gasteiger partial charge on any atom is 0.0593 e. The highest BCUT2D eigenvalue weighted by atomic mass is 79.9. The van der Waals surface area contributed by atoms with Gasteiger partial charge in [0, 0.05) is 23.8 Å². The third-order valence-corrected chi connectivity index (χ3v) is 2.59. The highest BCUT2D eigenvalue weighted by Crippen LogP contribution is 2.24. The molecule has 0 aliphatic rings. The normalized spacial score (nSPS) is 9.93. The van der Waals surface area contributed by atoms with E-state index in [0.29, 0.717) is 0 Å². The third-order valence-electron chi connectivity index (χ3n) is 1.96. The van der Waals surface area contributed by atoms with Crippen LogP contribution in [0, 0.1) is 0 Å². The van der Waals surface area contributed by atoms with E-state index in [1.54, 1.807) is 12.4 Å². The minimum Gasteiger partial charge on any atom is -0.399 e. The van der Waals surface area contributed by atoms with E-state index in [4.69, 9.17) is 5.73 Å². The first-order valence-corrected chi connectivity index (χ1v) is 5.27. The Morgan fingerprint density at radius 1 is 1.13 bits per heavy atom. The molecule has 3 nitrogen and oxygen atoms in total. The molecule has 0 saturated carbocycles. The summed E-state index contributed by atoms with van der Waals surface area (Å²) in [6.07, 6.45) is 3.49. The minimum atomic E-state index is 0.759. The number of benzene rings is 1. The van der Waals surface area contributed by atoms with Gasteiger partial charge in [-0.15, -0.1) is 0 Å². The van der Waals surface area contributed by atoms with Crippen molar-refractivity contribution in [2.75, 3.05) is 11.1 Å². The zero-order valence-corrected chi connectivity index (χ0v) is 9.53. The number of nitrogen functional groups attached to an aromatic ring is 1. The van der Waals surface area contributed by atoms with E-state index in [1.807, 2.05) is 30.3 Å². The molecule has 0 amide bonds. The second-order valence-electron chi connectivity index (χ2n) is 3.10. The number of hydrogen-bond acceptors (Lipinski definition) is 3. The number of hydrogen-bond donors (Lipinski definition) is 2. The van der Waals surface area contributed by atoms with Gasteiger partial charge in [0.25, 0.3) is 0 Å². The molecule has 0 fully saturated rings. The van der Waals surface area contributed by atoms with Crippen molar-refractivity contribution < 1.29 is 0 Å². The number of rotatable bonds is 2. The van der Waals surface area contributed by atoms with Crippen molar-refractivity contribution in [1.82, 2.24) is 4.98 Å². The lowest BCUT2D eigenvalue weighted by Gasteiger charge is -2.07. The molecule has 0 unspecified atom stereocenters. The fourth-order valence-electron chi connectivity index (χ4n) is 1.20. The lowest BCUT2D eigenvalue weighted by Crippen LogP contribution is -1.92. The maximum atomic E-state index is 5.60. The molecule has 0 radical (unpaired) electrons. The van der Waals surface area contributed by atoms with Crippen LogP contribution in [-0.4, -0.2) is 4.98 Å². The topological polar surface area (TPSA) is 50.9 Å². The van der Waals surface area contributed by atoms with E-state index in [-0.39, 0.29) is 0 Å². The van der Waals surface area contributed by atoms with Crippen molar-refractivity contribution in [3.05, 3.63) is 47.2 Å². The summed E-state index contributed by atoms with van der Waals surface area (Å²) in [5.41, 5.74) is 8.34. The molecule has 2 aromatic rings. The lowest BCUT2D eigenvalue weighted by molar-refractivity contribution is 1.30. The highest BCUT2D eigenvalue weighted by molar-refractivity contribution is 9.10. The minimum absolute atomic E-state index is 0.759. The van der Waals surface area contributed by atoms with E-state index in [9.17, 15) is 0 Å². The standard InChI is InChI=1S/C11H10BrN3/c12-10-7-14-6-5-11(10)15-9-3-1-8(13)2-4-9/h1-7H,13H2,(H,14,15). The Kier molecular flexibility index (Phi) is 2.87. The quantitative estimate of drug-likeness (QED) is 0.819. The number of nitrogens with zero attached hydrogens (tertiary/aromatic N) is 1. The van der Waals surface area contributed by atoms with Gasteiger partial charge in [0.2, 0.25) is 0 Å². The number of anilines is 3. The molecule has 0 bridgehead atoms. The van der Waals surface area contributed by atoms with Crippen LogP contribution in [0.3, 0.4) is 0 Å². The predicted octanol–water partition coefficient (Wildman–Crippen LogP) is 3.17. The summed E-state index contributed by atoms with van der Waals surface area (Å²) in [6, 6.07) is 9.49. The molecule has 2 rings (SSSR count). The average Bonchev–Trinajstić information content (AvgIpc) is 2.25. The van der Waals surface area contributed by atoms with E-state index < -0.39 is 0 Å². The summed E-state index contributed by atoms with van der Waals surface area (Å²) in [4.78, 5) is 3.99. The van der Waals surface area contributed by atoms with Crippen molar-refractivity contribution in [3.8, 4) is 0 Å². The van der Waals surface area contributed by atoms with E-state index in [1.165, 1.54) is 0 Å². The Bertz CT molecular complexity index is 454. The van der Waals surface area contributed by atoms with Crippen LogP contribution in [0.5, 0.6) is 0 Å². The van der Waals surface area contributed by atoms with Crippen LogP contribution in [0.15, 0.2) is 47.2 Å². The summed E-state index contributed by atoms with van der Waals surface area (Å²) in [5, 5.41) is 3.26. The van der Waals surface area contributed by atoms with Crippen LogP contribution < -0.4 is 11.1 Å². The van der Waals surface area contributed by atoms with Crippen molar-refractivity contribution in [1.29, 1.82) is 0 Å². The second kappa shape index (κ2) is 4.31. The number of nitrogens with two attached hydrogens (primary N) is 1. The molecule has 1 aromatic carbocycles. The lowest BCUT2D eigenvalue weighted by atomic mass is 10.3. The Labute approximate surface area is 96.5 Å². The Hall–Kier alpha value is -1.55. The van der Waals surface area contributed by atoms with Gasteiger partial charge in [-0.3, -0.25) is 4.98 Å². The third kappa shape index (κ3) is 2.47. The molecular weight excluding hydrogens is 254 g/mol. The van der Waals surface area contributed by atoms with Crippen molar-refractivity contribution >= 4 is 33.0 Å². The van der Waals surface area contributed by atoms with Gasteiger partial charge in [-0.1, -0.05) is 0 Å². The largest absolute Gasteiger partial charge is 0.399 e. The van der Waals surface area contributed by atoms with Crippen LogP contribution >= 0.6 is 15.9 Å². The molecule has 0 spiro atoms. The van der Waals surface area contributed by atoms with Crippen LogP contribution in [-0.2, 0) is 0 Å². The molecule has 0 aliphatic carbocycles. The number of aromatic nitrogens is 1. The van der Waals surface area contributed by atoms with E-state index >= 15 is 0 Å². The van der Waals surface area contributed by atoms with E-state index in [2.05, 4.69) is 26.2 Å². The number of pyridine rings is 1. The van der Waals surface area contributed by atoms with Crippen LogP contribution in [0.1, 0.15) is 0 Å². The Balaban J connectivity index is 2.22. The molecule has 3 N–H and O–H groups in total. The van der Waals surface area contributed by atoms with Gasteiger partial charge in [-0.25, -0.2) is 0 Å². The van der Waals surface area contributed by atoms with Gasteiger partial charge in [0.1, 0.15) is 0 Å². The molecule has 0 atom stereocenters. The average molecular weight is 264 g/mol. The molecule has 1 heterocycles. The summed E-state index contributed by atoms with van der Waals surface area (Å²) in [6.45, 7) is 0. The first-order valence-electron chi connectivity index (χ1n) is 4.48. The van der Waals surface area contributed by atoms with E-state index in [0.717, 1.165) is 21.5 Å². The van der Waals surface area contributed by atoms with Crippen LogP contribution in [0.2, 0.25) is 0 Å². The van der Waals surface area contributed by atoms with Crippen molar-refractivity contribution in [2.45, 2.75) is 0 Å². The van der Waals surface area contributed by atoms with Gasteiger partial charge in [-0.05, 0) is 46.3 Å². The number of nitrogens with one attached hydrogen (secondary N) is 1. The molecule has 76 valence electrons. The van der Waals surface area contributed by atoms with Gasteiger partial charge >= 0.3 is 0 Å². The van der Waals surface area contributed by atoms with Gasteiger partial charge in [0.15, 0.2) is 0 Å². The maximum absolute atomic E-state index is 5.60. The van der Waals surface area contributed by atoms with Gasteiger partial charge in [-0.2, -0.15) is 0 Å². The monoisotopic (exact) mass is 263 g/mol. The molecule has 0 saturated heterocycles. The molecular formula is C11H10BrN3.